The van der Waals surface area contributed by atoms with Crippen molar-refractivity contribution in [2.75, 3.05) is 17.2 Å². The van der Waals surface area contributed by atoms with Crippen molar-refractivity contribution in [3.05, 3.63) is 77.0 Å². The molecule has 1 aliphatic rings. The summed E-state index contributed by atoms with van der Waals surface area (Å²) >= 11 is 0. The van der Waals surface area contributed by atoms with Crippen molar-refractivity contribution in [2.45, 2.75) is 58.7 Å². The molecule has 8 nitrogen and oxygen atoms in total. The van der Waals surface area contributed by atoms with Gasteiger partial charge in [-0.3, -0.25) is 4.98 Å². The molecule has 2 aromatic carbocycles. The lowest BCUT2D eigenvalue weighted by atomic mass is 9.96. The number of anilines is 2. The van der Waals surface area contributed by atoms with Gasteiger partial charge in [0.25, 0.3) is 0 Å². The highest BCUT2D eigenvalue weighted by atomic mass is 19.1. The van der Waals surface area contributed by atoms with Crippen molar-refractivity contribution in [2.24, 2.45) is 17.0 Å². The minimum Gasteiger partial charge on any atom is -0.399 e. The number of fused-ring (bicyclic) bond motifs is 1. The monoisotopic (exact) mass is 517 g/mol. The number of nitrogens with one attached hydrogen (secondary N) is 2. The van der Waals surface area contributed by atoms with Crippen LogP contribution in [0.1, 0.15) is 69.4 Å². The zero-order chi connectivity index (χ0) is 27.6. The number of hydrazine groups is 1. The van der Waals surface area contributed by atoms with E-state index in [4.69, 9.17) is 11.6 Å². The van der Waals surface area contributed by atoms with Crippen LogP contribution in [0.25, 0.3) is 10.9 Å². The number of benzene rings is 2. The smallest absolute Gasteiger partial charge is 0.123 e. The summed E-state index contributed by atoms with van der Waals surface area (Å²) in [5.41, 5.74) is 10.6. The molecule has 4 rings (SSSR count). The van der Waals surface area contributed by atoms with Crippen LogP contribution < -0.4 is 22.2 Å². The minimum absolute atomic E-state index is 0.0339. The quantitative estimate of drug-likeness (QED) is 0.197. The maximum atomic E-state index is 13.7. The van der Waals surface area contributed by atoms with Gasteiger partial charge in [0.1, 0.15) is 11.9 Å². The van der Waals surface area contributed by atoms with Gasteiger partial charge in [-0.2, -0.15) is 5.26 Å². The van der Waals surface area contributed by atoms with Crippen LogP contribution in [0.15, 0.2) is 54.5 Å². The van der Waals surface area contributed by atoms with Crippen LogP contribution >= 0.6 is 0 Å². The Labute approximate surface area is 223 Å². The third-order valence-corrected chi connectivity index (χ3v) is 6.48. The Hall–Kier alpha value is -3.87. The average molecular weight is 518 g/mol. The highest BCUT2D eigenvalue weighted by Gasteiger charge is 2.27. The van der Waals surface area contributed by atoms with Gasteiger partial charge in [0.05, 0.1) is 34.6 Å². The predicted octanol–water partition coefficient (Wildman–Crippen LogP) is 5.05. The molecule has 9 heteroatoms. The molecule has 0 saturated heterocycles. The molecule has 1 aromatic heterocycles. The summed E-state index contributed by atoms with van der Waals surface area (Å²) in [4.78, 5) is 4.52. The molecule has 1 saturated carbocycles. The largest absolute Gasteiger partial charge is 0.399 e. The predicted molar refractivity (Wildman–Crippen MR) is 149 cm³/mol. The number of aliphatic hydroxyl groups is 1. The summed E-state index contributed by atoms with van der Waals surface area (Å²) in [5.74, 6) is 5.83. The Morgan fingerprint density at radius 2 is 1.97 bits per heavy atom. The molecule has 7 N–H and O–H groups in total. The molecule has 0 radical (unpaired) electrons. The first-order valence-corrected chi connectivity index (χ1v) is 12.8. The molecular weight excluding hydrogens is 481 g/mol. The van der Waals surface area contributed by atoms with E-state index in [1.165, 1.54) is 18.3 Å². The van der Waals surface area contributed by atoms with Crippen molar-refractivity contribution >= 4 is 22.3 Å². The summed E-state index contributed by atoms with van der Waals surface area (Å²) in [6.45, 7) is 8.62. The molecule has 0 aliphatic heterocycles. The van der Waals surface area contributed by atoms with Crippen LogP contribution in [-0.4, -0.2) is 27.7 Å². The second-order valence-electron chi connectivity index (χ2n) is 11.1. The molecular formula is C29H36FN7O. The molecule has 0 amide bonds. The normalized spacial score (nSPS) is 15.6. The summed E-state index contributed by atoms with van der Waals surface area (Å²) < 4.78 is 13.7. The number of aliphatic hydroxyl groups excluding tert-OH is 1. The Bertz CT molecular complexity index is 1370. The fourth-order valence-electron chi connectivity index (χ4n) is 4.27. The van der Waals surface area contributed by atoms with Crippen LogP contribution in [0.4, 0.5) is 15.8 Å². The molecule has 1 aliphatic carbocycles. The van der Waals surface area contributed by atoms with Crippen molar-refractivity contribution < 1.29 is 9.50 Å². The minimum atomic E-state index is -0.818. The SMILES string of the molecule is CC(O)c1cc(NC(/C(N)=C/N(N)C2CC2)c2ccc(F)cc2)cc2c(NCC(C)(C)C)c(C#N)cnc12. The van der Waals surface area contributed by atoms with Gasteiger partial charge in [-0.05, 0) is 55.0 Å². The molecule has 2 atom stereocenters. The molecule has 200 valence electrons. The van der Waals surface area contributed by atoms with E-state index in [0.717, 1.165) is 18.4 Å². The number of nitrogens with two attached hydrogens (primary N) is 2. The maximum absolute atomic E-state index is 13.7. The lowest BCUT2D eigenvalue weighted by Gasteiger charge is -2.25. The Kier molecular flexibility index (Phi) is 7.76. The van der Waals surface area contributed by atoms with Crippen LogP contribution in [0, 0.1) is 22.6 Å². The van der Waals surface area contributed by atoms with Gasteiger partial charge in [-0.25, -0.2) is 10.2 Å². The zero-order valence-corrected chi connectivity index (χ0v) is 22.3. The molecule has 1 heterocycles. The lowest BCUT2D eigenvalue weighted by molar-refractivity contribution is 0.200. The summed E-state index contributed by atoms with van der Waals surface area (Å²) in [6.07, 6.45) is 4.44. The Balaban J connectivity index is 1.83. The van der Waals surface area contributed by atoms with Gasteiger partial charge in [0, 0.05) is 41.6 Å². The van der Waals surface area contributed by atoms with E-state index in [2.05, 4.69) is 42.5 Å². The van der Waals surface area contributed by atoms with E-state index in [0.29, 0.717) is 45.6 Å². The number of aromatic nitrogens is 1. The number of nitrogens with zero attached hydrogens (tertiary/aromatic N) is 3. The summed E-state index contributed by atoms with van der Waals surface area (Å²) in [6, 6.07) is 11.8. The lowest BCUT2D eigenvalue weighted by Crippen LogP contribution is -2.30. The van der Waals surface area contributed by atoms with Crippen LogP contribution in [0.3, 0.4) is 0 Å². The van der Waals surface area contributed by atoms with E-state index < -0.39 is 12.1 Å². The zero-order valence-electron chi connectivity index (χ0n) is 22.3. The fraction of sp³-hybridized carbons (Fsp3) is 0.379. The van der Waals surface area contributed by atoms with Crippen molar-refractivity contribution in [3.8, 4) is 6.07 Å². The number of rotatable bonds is 9. The number of halogens is 1. The van der Waals surface area contributed by atoms with E-state index in [-0.39, 0.29) is 17.3 Å². The number of hydrogen-bond acceptors (Lipinski definition) is 8. The molecule has 0 bridgehead atoms. The second kappa shape index (κ2) is 10.9. The highest BCUT2D eigenvalue weighted by Crippen LogP contribution is 2.36. The van der Waals surface area contributed by atoms with Gasteiger partial charge in [-0.15, -0.1) is 0 Å². The van der Waals surface area contributed by atoms with Gasteiger partial charge in [-0.1, -0.05) is 32.9 Å². The third-order valence-electron chi connectivity index (χ3n) is 6.48. The first-order chi connectivity index (χ1) is 18.0. The number of pyridine rings is 1. The average Bonchev–Trinajstić information content (AvgIpc) is 3.71. The first-order valence-electron chi connectivity index (χ1n) is 12.8. The van der Waals surface area contributed by atoms with Crippen molar-refractivity contribution in [1.29, 1.82) is 5.26 Å². The van der Waals surface area contributed by atoms with E-state index in [1.807, 2.05) is 12.1 Å². The standard InChI is InChI=1S/C29H36FN7O/c1-17(38)23-11-21(12-24-26(35-16-29(2,3)4)19(13-31)14-34-28(23)24)36-27(18-5-7-20(30)8-6-18)25(32)15-37(33)22-9-10-22/h5-8,11-12,14-15,17,22,27,36,38H,9-10,16,32-33H2,1-4H3,(H,34,35)/b25-15-. The third kappa shape index (κ3) is 6.33. The number of hydrogen-bond donors (Lipinski definition) is 5. The Morgan fingerprint density at radius 3 is 2.55 bits per heavy atom. The molecule has 2 unspecified atom stereocenters. The Morgan fingerprint density at radius 1 is 1.29 bits per heavy atom. The number of nitriles is 1. The molecule has 3 aromatic rings. The van der Waals surface area contributed by atoms with E-state index in [9.17, 15) is 14.8 Å². The van der Waals surface area contributed by atoms with Gasteiger partial charge >= 0.3 is 0 Å². The first kappa shape index (κ1) is 27.2. The fourth-order valence-corrected chi connectivity index (χ4v) is 4.27. The van der Waals surface area contributed by atoms with E-state index >= 15 is 0 Å². The summed E-state index contributed by atoms with van der Waals surface area (Å²) in [7, 11) is 0. The molecule has 38 heavy (non-hydrogen) atoms. The van der Waals surface area contributed by atoms with Crippen molar-refractivity contribution in [1.82, 2.24) is 9.99 Å². The van der Waals surface area contributed by atoms with Crippen LogP contribution in [-0.2, 0) is 0 Å². The van der Waals surface area contributed by atoms with Gasteiger partial charge in [0.15, 0.2) is 0 Å². The topological polar surface area (TPSA) is 136 Å². The van der Waals surface area contributed by atoms with Gasteiger partial charge < -0.3 is 26.5 Å². The van der Waals surface area contributed by atoms with Gasteiger partial charge in [0.2, 0.25) is 0 Å². The maximum Gasteiger partial charge on any atom is 0.123 e. The van der Waals surface area contributed by atoms with Crippen molar-refractivity contribution in [3.63, 3.8) is 0 Å². The second-order valence-corrected chi connectivity index (χ2v) is 11.1. The molecule has 0 spiro atoms. The molecule has 1 fully saturated rings. The summed E-state index contributed by atoms with van der Waals surface area (Å²) in [5, 5.41) is 29.7. The van der Waals surface area contributed by atoms with Crippen LogP contribution in [0.2, 0.25) is 0 Å². The van der Waals surface area contributed by atoms with Crippen LogP contribution in [0.5, 0.6) is 0 Å². The van der Waals surface area contributed by atoms with E-state index in [1.54, 1.807) is 30.3 Å². The highest BCUT2D eigenvalue weighted by molar-refractivity contribution is 5.98.